The third-order valence-corrected chi connectivity index (χ3v) is 6.66. The number of fused-ring (bicyclic) bond motifs is 1. The van der Waals surface area contributed by atoms with Gasteiger partial charge in [-0.15, -0.1) is 11.3 Å². The molecule has 8 heteroatoms. The van der Waals surface area contributed by atoms with Crippen molar-refractivity contribution in [3.05, 3.63) is 45.1 Å². The second kappa shape index (κ2) is 8.93. The van der Waals surface area contributed by atoms with Crippen molar-refractivity contribution >= 4 is 28.6 Å². The van der Waals surface area contributed by atoms with Gasteiger partial charge in [-0.2, -0.15) is 5.26 Å². The van der Waals surface area contributed by atoms with Crippen LogP contribution in [-0.2, 0) is 13.0 Å². The number of carbonyl (C=O) groups is 1. The molecule has 152 valence electrons. The highest BCUT2D eigenvalue weighted by atomic mass is 32.1. The third-order valence-electron chi connectivity index (χ3n) is 5.48. The predicted molar refractivity (Wildman–Crippen MR) is 115 cm³/mol. The number of nitrogens with one attached hydrogen (secondary N) is 2. The van der Waals surface area contributed by atoms with E-state index < -0.39 is 0 Å². The van der Waals surface area contributed by atoms with Crippen molar-refractivity contribution in [1.82, 2.24) is 10.2 Å². The minimum Gasteiger partial charge on any atom is -0.395 e. The molecule has 2 aromatic rings. The van der Waals surface area contributed by atoms with Gasteiger partial charge < -0.3 is 20.6 Å². The molecule has 0 atom stereocenters. The summed E-state index contributed by atoms with van der Waals surface area (Å²) in [6, 6.07) is 9.79. The van der Waals surface area contributed by atoms with Crippen molar-refractivity contribution < 1.29 is 9.90 Å². The summed E-state index contributed by atoms with van der Waals surface area (Å²) in [5.74, 6) is -0.126. The summed E-state index contributed by atoms with van der Waals surface area (Å²) >= 11 is 1.53. The molecule has 0 bridgehead atoms. The Hall–Kier alpha value is -2.44. The number of nitriles is 1. The Morgan fingerprint density at radius 1 is 1.28 bits per heavy atom. The number of amides is 1. The van der Waals surface area contributed by atoms with E-state index in [1.165, 1.54) is 21.8 Å². The average Bonchev–Trinajstić information content (AvgIpc) is 3.19. The van der Waals surface area contributed by atoms with Crippen LogP contribution in [0.1, 0.15) is 25.7 Å². The lowest BCUT2D eigenvalue weighted by molar-refractivity contribution is 0.103. The molecule has 2 aliphatic heterocycles. The second-order valence-electron chi connectivity index (χ2n) is 7.34. The van der Waals surface area contributed by atoms with Crippen molar-refractivity contribution in [1.29, 1.82) is 5.26 Å². The summed E-state index contributed by atoms with van der Waals surface area (Å²) < 4.78 is 0. The molecular formula is C21H25N5O2S. The summed E-state index contributed by atoms with van der Waals surface area (Å²) in [6.45, 7) is 5.99. The summed E-state index contributed by atoms with van der Waals surface area (Å²) in [5.41, 5.74) is 3.35. The van der Waals surface area contributed by atoms with Gasteiger partial charge in [0.25, 0.3) is 5.91 Å². The summed E-state index contributed by atoms with van der Waals surface area (Å²) in [6.07, 6.45) is 0.956. The van der Waals surface area contributed by atoms with Crippen LogP contribution in [0, 0.1) is 11.3 Å². The molecule has 2 aliphatic rings. The van der Waals surface area contributed by atoms with Crippen LogP contribution in [0.25, 0.3) is 0 Å². The lowest BCUT2D eigenvalue weighted by Crippen LogP contribution is -2.47. The number of thiophene rings is 1. The average molecular weight is 412 g/mol. The van der Waals surface area contributed by atoms with Crippen LogP contribution in [0.3, 0.4) is 0 Å². The number of β-amino-alcohol motifs (C(OH)–C–C–N with tert-alkyl or cyclic N) is 1. The van der Waals surface area contributed by atoms with Gasteiger partial charge >= 0.3 is 0 Å². The molecule has 1 amide bonds. The van der Waals surface area contributed by atoms with Gasteiger partial charge in [0.05, 0.1) is 22.7 Å². The maximum atomic E-state index is 12.7. The Labute approximate surface area is 174 Å². The number of nitrogens with zero attached hydrogens (tertiary/aromatic N) is 3. The molecule has 1 saturated heterocycles. The fourth-order valence-corrected chi connectivity index (χ4v) is 4.97. The highest BCUT2D eigenvalue weighted by molar-refractivity contribution is 7.14. The molecule has 7 nitrogen and oxygen atoms in total. The van der Waals surface area contributed by atoms with E-state index in [2.05, 4.69) is 26.5 Å². The number of aliphatic hydroxyl groups is 1. The number of benzene rings is 1. The van der Waals surface area contributed by atoms with Crippen molar-refractivity contribution in [2.75, 3.05) is 56.1 Å². The summed E-state index contributed by atoms with van der Waals surface area (Å²) in [4.78, 5) is 19.0. The van der Waals surface area contributed by atoms with Crippen LogP contribution in [0.15, 0.2) is 24.3 Å². The van der Waals surface area contributed by atoms with Crippen molar-refractivity contribution in [2.24, 2.45) is 0 Å². The quantitative estimate of drug-likeness (QED) is 0.693. The van der Waals surface area contributed by atoms with Gasteiger partial charge in [0.15, 0.2) is 0 Å². The van der Waals surface area contributed by atoms with Gasteiger partial charge in [-0.1, -0.05) is 0 Å². The Morgan fingerprint density at radius 2 is 2.10 bits per heavy atom. The van der Waals surface area contributed by atoms with E-state index in [9.17, 15) is 10.1 Å². The molecule has 0 spiro atoms. The van der Waals surface area contributed by atoms with E-state index in [0.717, 1.165) is 51.4 Å². The largest absolute Gasteiger partial charge is 0.395 e. The van der Waals surface area contributed by atoms with Crippen LogP contribution in [0.4, 0.5) is 11.4 Å². The summed E-state index contributed by atoms with van der Waals surface area (Å²) in [7, 11) is 0. The monoisotopic (exact) mass is 411 g/mol. The zero-order valence-electron chi connectivity index (χ0n) is 16.3. The van der Waals surface area contributed by atoms with Gasteiger partial charge in [-0.3, -0.25) is 9.69 Å². The number of hydrogen-bond acceptors (Lipinski definition) is 7. The van der Waals surface area contributed by atoms with E-state index in [4.69, 9.17) is 5.11 Å². The highest BCUT2D eigenvalue weighted by Crippen LogP contribution is 2.28. The predicted octanol–water partition coefficient (Wildman–Crippen LogP) is 1.63. The van der Waals surface area contributed by atoms with E-state index in [1.807, 2.05) is 18.2 Å². The zero-order chi connectivity index (χ0) is 20.2. The van der Waals surface area contributed by atoms with Crippen LogP contribution >= 0.6 is 11.3 Å². The Balaban J connectivity index is 1.45. The molecule has 0 unspecified atom stereocenters. The van der Waals surface area contributed by atoms with Crippen LogP contribution in [-0.4, -0.2) is 61.8 Å². The molecule has 0 saturated carbocycles. The zero-order valence-corrected chi connectivity index (χ0v) is 17.1. The first-order valence-corrected chi connectivity index (χ1v) is 10.8. The number of aliphatic hydroxyl groups excluding tert-OH is 1. The third kappa shape index (κ3) is 4.43. The lowest BCUT2D eigenvalue weighted by Gasteiger charge is -2.36. The molecule has 4 rings (SSSR count). The fraction of sp³-hybridized carbons (Fsp3) is 0.429. The van der Waals surface area contributed by atoms with E-state index in [0.29, 0.717) is 22.7 Å². The molecular weight excluding hydrogens is 386 g/mol. The van der Waals surface area contributed by atoms with Gasteiger partial charge in [-0.25, -0.2) is 0 Å². The molecule has 1 aromatic heterocycles. The van der Waals surface area contributed by atoms with Crippen molar-refractivity contribution in [3.8, 4) is 6.07 Å². The van der Waals surface area contributed by atoms with Gasteiger partial charge in [-0.05, 0) is 42.8 Å². The van der Waals surface area contributed by atoms with E-state index >= 15 is 0 Å². The standard InChI is InChI=1S/C21H25N5O2S/c22-13-16-11-17(1-2-18(16)26-7-5-25(6-8-26)9-10-27)24-21(28)19-12-15-3-4-23-14-20(15)29-19/h1-2,11-12,23,27H,3-10,14H2,(H,24,28). The van der Waals surface area contributed by atoms with Gasteiger partial charge in [0, 0.05) is 49.8 Å². The van der Waals surface area contributed by atoms with Crippen LogP contribution in [0.2, 0.25) is 0 Å². The molecule has 3 heterocycles. The molecule has 3 N–H and O–H groups in total. The fourth-order valence-electron chi connectivity index (χ4n) is 3.89. The van der Waals surface area contributed by atoms with Gasteiger partial charge in [0.2, 0.25) is 0 Å². The Kier molecular flexibility index (Phi) is 6.11. The Morgan fingerprint density at radius 3 is 2.83 bits per heavy atom. The number of carbonyl (C=O) groups excluding carboxylic acids is 1. The topological polar surface area (TPSA) is 91.6 Å². The number of anilines is 2. The summed E-state index contributed by atoms with van der Waals surface area (Å²) in [5, 5.41) is 25.0. The lowest BCUT2D eigenvalue weighted by atomic mass is 10.1. The van der Waals surface area contributed by atoms with Crippen molar-refractivity contribution in [2.45, 2.75) is 13.0 Å². The second-order valence-corrected chi connectivity index (χ2v) is 8.47. The SMILES string of the molecule is N#Cc1cc(NC(=O)c2cc3c(s2)CNCC3)ccc1N1CCN(CCO)CC1. The van der Waals surface area contributed by atoms with Crippen LogP contribution in [0.5, 0.6) is 0 Å². The van der Waals surface area contributed by atoms with Crippen molar-refractivity contribution in [3.63, 3.8) is 0 Å². The normalized spacial score (nSPS) is 16.9. The molecule has 1 fully saturated rings. The maximum absolute atomic E-state index is 12.7. The number of rotatable bonds is 5. The molecule has 0 radical (unpaired) electrons. The smallest absolute Gasteiger partial charge is 0.265 e. The van der Waals surface area contributed by atoms with Crippen LogP contribution < -0.4 is 15.5 Å². The molecule has 29 heavy (non-hydrogen) atoms. The number of piperazine rings is 1. The minimum absolute atomic E-state index is 0.126. The first kappa shape index (κ1) is 19.9. The molecule has 0 aliphatic carbocycles. The molecule has 1 aromatic carbocycles. The first-order valence-electron chi connectivity index (χ1n) is 9.94. The van der Waals surface area contributed by atoms with E-state index in [-0.39, 0.29) is 12.5 Å². The first-order chi connectivity index (χ1) is 14.2. The maximum Gasteiger partial charge on any atom is 0.265 e. The van der Waals surface area contributed by atoms with Gasteiger partial charge in [0.1, 0.15) is 6.07 Å². The highest BCUT2D eigenvalue weighted by Gasteiger charge is 2.20. The minimum atomic E-state index is -0.126. The number of hydrogen-bond donors (Lipinski definition) is 3. The Bertz CT molecular complexity index is 904. The van der Waals surface area contributed by atoms with E-state index in [1.54, 1.807) is 6.07 Å².